The van der Waals surface area contributed by atoms with Crippen molar-refractivity contribution < 1.29 is 57.8 Å². The van der Waals surface area contributed by atoms with Crippen LogP contribution in [0.3, 0.4) is 0 Å². The SMILES string of the molecule is C/C=C(\C)C(=O)OC1C(=O)[C@@H]2OC[C@]3(C(=O)OC)[C@H](O)C[C@H](O)[C@@]4(CO[C@](OC)(C(=O)OC)[C@@H]14)[C@@H]23. The van der Waals surface area contributed by atoms with Gasteiger partial charge in [-0.1, -0.05) is 6.08 Å². The zero-order valence-corrected chi connectivity index (χ0v) is 20.1. The number of esters is 3. The van der Waals surface area contributed by atoms with Gasteiger partial charge in [0.2, 0.25) is 5.78 Å². The molecule has 9 atom stereocenters. The molecular formula is C23H30O12. The Balaban J connectivity index is 1.98. The Morgan fingerprint density at radius 3 is 2.26 bits per heavy atom. The summed E-state index contributed by atoms with van der Waals surface area (Å²) in [5.74, 6) is -8.28. The number of hydrogen-bond acceptors (Lipinski definition) is 12. The lowest BCUT2D eigenvalue weighted by atomic mass is 9.44. The van der Waals surface area contributed by atoms with Gasteiger partial charge < -0.3 is 38.6 Å². The number of Topliss-reactive ketones (excluding diaryl/α,β-unsaturated/α-hetero) is 1. The average Bonchev–Trinajstić information content (AvgIpc) is 3.43. The van der Waals surface area contributed by atoms with Crippen molar-refractivity contribution in [3.8, 4) is 0 Å². The second-order valence-electron chi connectivity index (χ2n) is 9.45. The molecule has 2 saturated heterocycles. The molecule has 4 fully saturated rings. The lowest BCUT2D eigenvalue weighted by Gasteiger charge is -2.58. The summed E-state index contributed by atoms with van der Waals surface area (Å²) >= 11 is 0. The van der Waals surface area contributed by atoms with E-state index in [0.29, 0.717) is 0 Å². The number of ketones is 1. The highest BCUT2D eigenvalue weighted by Crippen LogP contribution is 2.68. The molecule has 0 aromatic heterocycles. The van der Waals surface area contributed by atoms with Gasteiger partial charge in [0, 0.05) is 30.4 Å². The maximum atomic E-state index is 13.8. The summed E-state index contributed by atoms with van der Waals surface area (Å²) in [5, 5.41) is 22.4. The van der Waals surface area contributed by atoms with Gasteiger partial charge in [0.1, 0.15) is 11.5 Å². The minimum Gasteiger partial charge on any atom is -0.468 e. The summed E-state index contributed by atoms with van der Waals surface area (Å²) in [4.78, 5) is 52.7. The molecule has 194 valence electrons. The first-order valence-corrected chi connectivity index (χ1v) is 11.2. The van der Waals surface area contributed by atoms with Gasteiger partial charge in [-0.25, -0.2) is 9.59 Å². The Morgan fingerprint density at radius 2 is 1.69 bits per heavy atom. The Hall–Kier alpha value is -2.38. The van der Waals surface area contributed by atoms with Gasteiger partial charge in [0.25, 0.3) is 5.79 Å². The zero-order valence-electron chi connectivity index (χ0n) is 20.1. The van der Waals surface area contributed by atoms with Crippen molar-refractivity contribution in [2.75, 3.05) is 34.5 Å². The third-order valence-corrected chi connectivity index (χ3v) is 8.32. The number of aliphatic hydroxyl groups is 2. The van der Waals surface area contributed by atoms with Crippen molar-refractivity contribution in [2.24, 2.45) is 22.7 Å². The number of aliphatic hydroxyl groups excluding tert-OH is 2. The van der Waals surface area contributed by atoms with Crippen LogP contribution in [0, 0.1) is 22.7 Å². The van der Waals surface area contributed by atoms with Crippen LogP contribution in [0.25, 0.3) is 0 Å². The van der Waals surface area contributed by atoms with Gasteiger partial charge in [-0.05, 0) is 13.8 Å². The van der Waals surface area contributed by atoms with E-state index in [1.54, 1.807) is 6.92 Å². The van der Waals surface area contributed by atoms with Crippen LogP contribution in [0.1, 0.15) is 20.3 Å². The number of allylic oxidation sites excluding steroid dienone is 1. The topological polar surface area (TPSA) is 164 Å². The Morgan fingerprint density at radius 1 is 1.03 bits per heavy atom. The van der Waals surface area contributed by atoms with Crippen LogP contribution in [-0.4, -0.2) is 98.7 Å². The van der Waals surface area contributed by atoms with E-state index in [2.05, 4.69) is 0 Å². The summed E-state index contributed by atoms with van der Waals surface area (Å²) in [7, 11) is 3.39. The molecule has 2 aliphatic heterocycles. The Kier molecular flexibility index (Phi) is 6.34. The first-order valence-electron chi connectivity index (χ1n) is 11.2. The molecule has 0 aromatic carbocycles. The van der Waals surface area contributed by atoms with Crippen LogP contribution in [0.4, 0.5) is 0 Å². The third kappa shape index (κ3) is 3.03. The van der Waals surface area contributed by atoms with E-state index in [9.17, 15) is 29.4 Å². The first kappa shape index (κ1) is 25.7. The minimum absolute atomic E-state index is 0.199. The van der Waals surface area contributed by atoms with Crippen molar-refractivity contribution in [1.29, 1.82) is 0 Å². The maximum Gasteiger partial charge on any atom is 0.367 e. The van der Waals surface area contributed by atoms with Crippen molar-refractivity contribution in [3.05, 3.63) is 11.6 Å². The fourth-order valence-corrected chi connectivity index (χ4v) is 6.56. The first-order chi connectivity index (χ1) is 16.5. The predicted molar refractivity (Wildman–Crippen MR) is 112 cm³/mol. The van der Waals surface area contributed by atoms with Gasteiger partial charge in [-0.2, -0.15) is 0 Å². The van der Waals surface area contributed by atoms with E-state index in [4.69, 9.17) is 28.4 Å². The minimum atomic E-state index is -2.25. The van der Waals surface area contributed by atoms with E-state index in [0.717, 1.165) is 21.3 Å². The normalized spacial score (nSPS) is 44.3. The van der Waals surface area contributed by atoms with E-state index in [1.165, 1.54) is 13.0 Å². The van der Waals surface area contributed by atoms with E-state index in [1.807, 2.05) is 0 Å². The highest BCUT2D eigenvalue weighted by molar-refractivity contribution is 5.97. The molecule has 0 amide bonds. The number of carbonyl (C=O) groups excluding carboxylic acids is 4. The number of carbonyl (C=O) groups is 4. The molecule has 2 heterocycles. The molecule has 2 saturated carbocycles. The molecule has 0 radical (unpaired) electrons. The summed E-state index contributed by atoms with van der Waals surface area (Å²) < 4.78 is 32.7. The van der Waals surface area contributed by atoms with E-state index >= 15 is 0 Å². The van der Waals surface area contributed by atoms with E-state index in [-0.39, 0.29) is 25.2 Å². The average molecular weight is 498 g/mol. The zero-order chi connectivity index (χ0) is 25.9. The molecule has 2 N–H and O–H groups in total. The molecule has 1 unspecified atom stereocenters. The molecule has 2 aliphatic carbocycles. The molecule has 4 rings (SSSR count). The standard InChI is InChI=1S/C23H30O12/c1-6-10(2)18(27)35-15-13(26)14-16-21(9-34-23(32-5,17(15)21)20(29)31-4)11(24)7-12(25)22(16,8-33-14)19(28)30-3/h6,11-12,14-17,24-25H,7-9H2,1-5H3/b10-6+/t11-,12+,14-,15?,16+,17-,21-,22-,23-/m0/s1. The summed E-state index contributed by atoms with van der Waals surface area (Å²) in [5.41, 5.74) is -3.12. The van der Waals surface area contributed by atoms with Crippen LogP contribution >= 0.6 is 0 Å². The second-order valence-corrected chi connectivity index (χ2v) is 9.45. The van der Waals surface area contributed by atoms with Gasteiger partial charge >= 0.3 is 17.9 Å². The van der Waals surface area contributed by atoms with Gasteiger partial charge in [-0.15, -0.1) is 0 Å². The smallest absolute Gasteiger partial charge is 0.367 e. The summed E-state index contributed by atoms with van der Waals surface area (Å²) in [6, 6.07) is 0. The van der Waals surface area contributed by atoms with Crippen LogP contribution in [0.2, 0.25) is 0 Å². The third-order valence-electron chi connectivity index (χ3n) is 8.32. The number of hydrogen-bond donors (Lipinski definition) is 2. The largest absolute Gasteiger partial charge is 0.468 e. The summed E-state index contributed by atoms with van der Waals surface area (Å²) in [6.45, 7) is 2.35. The molecule has 35 heavy (non-hydrogen) atoms. The van der Waals surface area contributed by atoms with Crippen LogP contribution in [0.15, 0.2) is 11.6 Å². The molecule has 0 aromatic rings. The molecule has 12 heteroatoms. The van der Waals surface area contributed by atoms with Crippen molar-refractivity contribution >= 4 is 23.7 Å². The predicted octanol–water partition coefficient (Wildman–Crippen LogP) is -1.10. The van der Waals surface area contributed by atoms with E-state index < -0.39 is 76.6 Å². The highest BCUT2D eigenvalue weighted by Gasteiger charge is 2.84. The van der Waals surface area contributed by atoms with Crippen LogP contribution < -0.4 is 0 Å². The van der Waals surface area contributed by atoms with Crippen molar-refractivity contribution in [2.45, 2.75) is 50.5 Å². The monoisotopic (exact) mass is 498 g/mol. The Labute approximate surface area is 201 Å². The molecule has 0 bridgehead atoms. The molecule has 12 nitrogen and oxygen atoms in total. The lowest BCUT2D eigenvalue weighted by Crippen LogP contribution is -2.74. The quantitative estimate of drug-likeness (QED) is 0.267. The molecular weight excluding hydrogens is 468 g/mol. The summed E-state index contributed by atoms with van der Waals surface area (Å²) in [6.07, 6.45) is -4.65. The second kappa shape index (κ2) is 8.63. The lowest BCUT2D eigenvalue weighted by molar-refractivity contribution is -0.258. The number of rotatable bonds is 5. The molecule has 4 aliphatic rings. The molecule has 1 spiro atoms. The fraction of sp³-hybridized carbons (Fsp3) is 0.739. The number of ether oxygens (including phenoxy) is 6. The van der Waals surface area contributed by atoms with Gasteiger partial charge in [0.15, 0.2) is 6.10 Å². The maximum absolute atomic E-state index is 13.8. The van der Waals surface area contributed by atoms with Crippen molar-refractivity contribution in [3.63, 3.8) is 0 Å². The number of methoxy groups -OCH3 is 3. The van der Waals surface area contributed by atoms with Crippen LogP contribution in [0.5, 0.6) is 0 Å². The van der Waals surface area contributed by atoms with Gasteiger partial charge in [-0.3, -0.25) is 9.59 Å². The fourth-order valence-electron chi connectivity index (χ4n) is 6.56. The van der Waals surface area contributed by atoms with Crippen LogP contribution in [-0.2, 0) is 47.6 Å². The van der Waals surface area contributed by atoms with Gasteiger partial charge in [0.05, 0.1) is 45.6 Å². The Bertz CT molecular complexity index is 976. The van der Waals surface area contributed by atoms with Crippen molar-refractivity contribution in [1.82, 2.24) is 0 Å². The highest BCUT2D eigenvalue weighted by atomic mass is 16.7.